The SMILES string of the molecule is CCOC(=O)C1CCN(c2ccc(NC(=O)c3ccc(-c4ccc(Cl)cc4)c([C@@H](O[Si](C)(C)C(C)(C)C)C4CCN(c5ccc(C(=O)OC(C)(C)C)cc5)CC4)c3)cc2)CC1. The van der Waals surface area contributed by atoms with Crippen LogP contribution in [0.1, 0.15) is 107 Å². The fraction of sp³-hybridized carbons (Fsp3) is 0.460. The van der Waals surface area contributed by atoms with E-state index < -0.39 is 13.9 Å². The zero-order valence-corrected chi connectivity index (χ0v) is 39.2. The van der Waals surface area contributed by atoms with Crippen LogP contribution in [0, 0.1) is 11.8 Å². The van der Waals surface area contributed by atoms with Crippen LogP contribution in [0.25, 0.3) is 11.1 Å². The van der Waals surface area contributed by atoms with E-state index in [4.69, 9.17) is 25.5 Å². The Morgan fingerprint density at radius 3 is 1.84 bits per heavy atom. The summed E-state index contributed by atoms with van der Waals surface area (Å²) in [4.78, 5) is 43.7. The van der Waals surface area contributed by atoms with Gasteiger partial charge in [0.2, 0.25) is 0 Å². The zero-order valence-electron chi connectivity index (χ0n) is 37.5. The summed E-state index contributed by atoms with van der Waals surface area (Å²) in [6.07, 6.45) is 3.03. The Morgan fingerprint density at radius 2 is 1.30 bits per heavy atom. The number of nitrogens with zero attached hydrogens (tertiary/aromatic N) is 2. The number of hydrogen-bond acceptors (Lipinski definition) is 8. The van der Waals surface area contributed by atoms with E-state index in [9.17, 15) is 14.4 Å². The van der Waals surface area contributed by atoms with Gasteiger partial charge >= 0.3 is 11.9 Å². The molecular formula is C50H64ClN3O6Si. The highest BCUT2D eigenvalue weighted by atomic mass is 35.5. The molecule has 0 aromatic heterocycles. The van der Waals surface area contributed by atoms with Gasteiger partial charge in [-0.25, -0.2) is 4.79 Å². The van der Waals surface area contributed by atoms with Crippen molar-refractivity contribution in [3.8, 4) is 11.1 Å². The van der Waals surface area contributed by atoms with Gasteiger partial charge in [0, 0.05) is 53.8 Å². The minimum absolute atomic E-state index is 0.0414. The summed E-state index contributed by atoms with van der Waals surface area (Å²) < 4.78 is 18.3. The van der Waals surface area contributed by atoms with Gasteiger partial charge < -0.3 is 29.0 Å². The quantitative estimate of drug-likeness (QED) is 0.111. The lowest BCUT2D eigenvalue weighted by molar-refractivity contribution is -0.148. The van der Waals surface area contributed by atoms with Gasteiger partial charge in [-0.05, 0) is 167 Å². The number of benzene rings is 4. The molecule has 11 heteroatoms. The number of anilines is 3. The number of piperidine rings is 2. The number of carbonyl (C=O) groups is 3. The monoisotopic (exact) mass is 865 g/mol. The molecule has 4 aromatic carbocycles. The second-order valence-corrected chi connectivity index (χ2v) is 24.2. The predicted octanol–water partition coefficient (Wildman–Crippen LogP) is 12.0. The molecule has 1 N–H and O–H groups in total. The van der Waals surface area contributed by atoms with E-state index in [0.717, 1.165) is 79.9 Å². The van der Waals surface area contributed by atoms with Crippen molar-refractivity contribution in [1.82, 2.24) is 0 Å². The van der Waals surface area contributed by atoms with Crippen molar-refractivity contribution in [3.63, 3.8) is 0 Å². The van der Waals surface area contributed by atoms with E-state index in [-0.39, 0.29) is 40.8 Å². The lowest BCUT2D eigenvalue weighted by Crippen LogP contribution is -2.45. The third-order valence-electron chi connectivity index (χ3n) is 12.4. The first-order chi connectivity index (χ1) is 28.8. The van der Waals surface area contributed by atoms with Crippen molar-refractivity contribution in [2.75, 3.05) is 47.9 Å². The van der Waals surface area contributed by atoms with Crippen LogP contribution < -0.4 is 15.1 Å². The molecule has 2 heterocycles. The van der Waals surface area contributed by atoms with Gasteiger partial charge in [-0.1, -0.05) is 50.6 Å². The van der Waals surface area contributed by atoms with Crippen molar-refractivity contribution < 1.29 is 28.3 Å². The van der Waals surface area contributed by atoms with Gasteiger partial charge in [-0.3, -0.25) is 9.59 Å². The van der Waals surface area contributed by atoms with Crippen LogP contribution in [0.3, 0.4) is 0 Å². The molecule has 0 bridgehead atoms. The van der Waals surface area contributed by atoms with Crippen LogP contribution in [0.4, 0.5) is 17.1 Å². The molecule has 2 fully saturated rings. The Bertz CT molecular complexity index is 2130. The lowest BCUT2D eigenvalue weighted by Gasteiger charge is -2.44. The minimum Gasteiger partial charge on any atom is -0.466 e. The van der Waals surface area contributed by atoms with Crippen LogP contribution in [0.15, 0.2) is 91.0 Å². The summed E-state index contributed by atoms with van der Waals surface area (Å²) in [5, 5.41) is 3.77. The molecule has 61 heavy (non-hydrogen) atoms. The molecule has 2 saturated heterocycles. The van der Waals surface area contributed by atoms with Gasteiger partial charge in [-0.2, -0.15) is 0 Å². The second-order valence-electron chi connectivity index (χ2n) is 19.0. The van der Waals surface area contributed by atoms with Crippen LogP contribution in [-0.4, -0.2) is 64.6 Å². The molecule has 0 saturated carbocycles. The van der Waals surface area contributed by atoms with E-state index in [0.29, 0.717) is 28.4 Å². The first-order valence-corrected chi connectivity index (χ1v) is 25.1. The summed E-state index contributed by atoms with van der Waals surface area (Å²) in [6.45, 7) is 22.5. The molecule has 0 radical (unpaired) electrons. The van der Waals surface area contributed by atoms with Crippen molar-refractivity contribution >= 4 is 54.8 Å². The smallest absolute Gasteiger partial charge is 0.338 e. The van der Waals surface area contributed by atoms with Gasteiger partial charge in [0.25, 0.3) is 5.91 Å². The molecule has 6 rings (SSSR count). The molecule has 9 nitrogen and oxygen atoms in total. The highest BCUT2D eigenvalue weighted by molar-refractivity contribution is 6.74. The molecule has 0 unspecified atom stereocenters. The summed E-state index contributed by atoms with van der Waals surface area (Å²) in [6, 6.07) is 29.5. The Labute approximate surface area is 369 Å². The molecule has 0 spiro atoms. The van der Waals surface area contributed by atoms with Crippen molar-refractivity contribution in [2.45, 2.75) is 104 Å². The largest absolute Gasteiger partial charge is 0.466 e. The number of halogens is 1. The van der Waals surface area contributed by atoms with Gasteiger partial charge in [0.05, 0.1) is 24.2 Å². The predicted molar refractivity (Wildman–Crippen MR) is 250 cm³/mol. The number of amides is 1. The molecular weight excluding hydrogens is 802 g/mol. The molecule has 4 aromatic rings. The molecule has 326 valence electrons. The highest BCUT2D eigenvalue weighted by Crippen LogP contribution is 2.46. The summed E-state index contributed by atoms with van der Waals surface area (Å²) in [5.41, 5.74) is 6.41. The maximum Gasteiger partial charge on any atom is 0.338 e. The lowest BCUT2D eigenvalue weighted by atomic mass is 9.83. The summed E-state index contributed by atoms with van der Waals surface area (Å²) in [7, 11) is -2.33. The maximum atomic E-state index is 14.1. The number of esters is 2. The third-order valence-corrected chi connectivity index (χ3v) is 17.2. The Kier molecular flexibility index (Phi) is 14.4. The van der Waals surface area contributed by atoms with Gasteiger partial charge in [0.15, 0.2) is 8.32 Å². The normalized spacial score (nSPS) is 16.2. The topological polar surface area (TPSA) is 97.4 Å². The average Bonchev–Trinajstić information content (AvgIpc) is 3.22. The summed E-state index contributed by atoms with van der Waals surface area (Å²) in [5.74, 6) is -0.488. The molecule has 1 atom stereocenters. The molecule has 1 amide bonds. The van der Waals surface area contributed by atoms with Crippen LogP contribution in [0.5, 0.6) is 0 Å². The second kappa shape index (κ2) is 19.2. The molecule has 0 aliphatic carbocycles. The number of hydrogen-bond donors (Lipinski definition) is 1. The first kappa shape index (κ1) is 45.9. The Balaban J connectivity index is 1.25. The number of carbonyl (C=O) groups excluding carboxylic acids is 3. The van der Waals surface area contributed by atoms with E-state index in [1.165, 1.54) is 0 Å². The fourth-order valence-electron chi connectivity index (χ4n) is 7.94. The standard InChI is InChI=1S/C50H64ClN3O6Si/c1-10-58-47(56)37-27-31-54(32-28-37)42-22-18-40(19-23-42)52-46(55)38-15-24-43(34-11-16-39(51)17-12-34)44(33-38)45(60-61(8,9)50(5,6)7)35-25-29-53(30-26-35)41-20-13-36(14-21-41)48(57)59-49(2,3)4/h11-24,33,35,37,45H,10,25-32H2,1-9H3,(H,52,55)/t45-/m0/s1. The van der Waals surface area contributed by atoms with Crippen LogP contribution >= 0.6 is 11.6 Å². The minimum atomic E-state index is -2.33. The third kappa shape index (κ3) is 11.6. The number of nitrogens with one attached hydrogen (secondary N) is 1. The maximum absolute atomic E-state index is 14.1. The van der Waals surface area contributed by atoms with Crippen LogP contribution in [0.2, 0.25) is 23.2 Å². The first-order valence-electron chi connectivity index (χ1n) is 21.8. The summed E-state index contributed by atoms with van der Waals surface area (Å²) >= 11 is 6.38. The van der Waals surface area contributed by atoms with E-state index >= 15 is 0 Å². The van der Waals surface area contributed by atoms with Crippen molar-refractivity contribution in [2.24, 2.45) is 11.8 Å². The molecule has 2 aliphatic heterocycles. The van der Waals surface area contributed by atoms with Gasteiger partial charge in [0.1, 0.15) is 5.60 Å². The van der Waals surface area contributed by atoms with E-state index in [2.05, 4.69) is 55.0 Å². The zero-order chi connectivity index (χ0) is 44.1. The van der Waals surface area contributed by atoms with Crippen molar-refractivity contribution in [3.05, 3.63) is 113 Å². The Morgan fingerprint density at radius 1 is 0.754 bits per heavy atom. The molecule has 2 aliphatic rings. The number of ether oxygens (including phenoxy) is 2. The van der Waals surface area contributed by atoms with E-state index in [1.807, 2.05) is 113 Å². The average molecular weight is 867 g/mol. The number of rotatable bonds is 12. The van der Waals surface area contributed by atoms with Gasteiger partial charge in [-0.15, -0.1) is 0 Å². The van der Waals surface area contributed by atoms with Crippen LogP contribution in [-0.2, 0) is 18.7 Å². The van der Waals surface area contributed by atoms with Crippen molar-refractivity contribution in [1.29, 1.82) is 0 Å². The fourth-order valence-corrected chi connectivity index (χ4v) is 9.37. The Hall–Kier alpha value is -4.64. The van der Waals surface area contributed by atoms with E-state index in [1.54, 1.807) is 0 Å². The highest BCUT2D eigenvalue weighted by Gasteiger charge is 2.42.